The first kappa shape index (κ1) is 14.2. The van der Waals surface area contributed by atoms with Gasteiger partial charge in [-0.05, 0) is 38.8 Å². The first-order valence-electron chi connectivity index (χ1n) is 8.41. The summed E-state index contributed by atoms with van der Waals surface area (Å²) in [6.45, 7) is 5.19. The van der Waals surface area contributed by atoms with Gasteiger partial charge in [0.15, 0.2) is 0 Å². The minimum absolute atomic E-state index is 0.147. The Kier molecular flexibility index (Phi) is 3.66. The molecule has 0 radical (unpaired) electrons. The van der Waals surface area contributed by atoms with E-state index in [0.717, 1.165) is 56.6 Å². The van der Waals surface area contributed by atoms with Crippen LogP contribution in [0.5, 0.6) is 0 Å². The monoisotopic (exact) mass is 303 g/mol. The number of hydrogen-bond donors (Lipinski definition) is 1. The minimum atomic E-state index is -0.147. The molecule has 6 nitrogen and oxygen atoms in total. The summed E-state index contributed by atoms with van der Waals surface area (Å²) in [6.07, 6.45) is 4.51. The fourth-order valence-corrected chi connectivity index (χ4v) is 4.14. The zero-order chi connectivity index (χ0) is 15.1. The fourth-order valence-electron chi connectivity index (χ4n) is 4.14. The lowest BCUT2D eigenvalue weighted by Gasteiger charge is -2.31. The molecule has 6 heteroatoms. The second kappa shape index (κ2) is 5.66. The largest absolute Gasteiger partial charge is 0.393 e. The van der Waals surface area contributed by atoms with E-state index in [1.807, 2.05) is 0 Å². The van der Waals surface area contributed by atoms with Crippen LogP contribution in [0, 0.1) is 5.92 Å². The van der Waals surface area contributed by atoms with E-state index in [9.17, 15) is 5.11 Å². The van der Waals surface area contributed by atoms with Crippen LogP contribution in [0.1, 0.15) is 19.3 Å². The number of aliphatic hydroxyl groups is 1. The molecule has 0 aromatic carbocycles. The summed E-state index contributed by atoms with van der Waals surface area (Å²) < 4.78 is 0. The van der Waals surface area contributed by atoms with E-state index in [-0.39, 0.29) is 6.10 Å². The summed E-state index contributed by atoms with van der Waals surface area (Å²) in [5.74, 6) is 2.84. The van der Waals surface area contributed by atoms with Crippen LogP contribution in [0.4, 0.5) is 11.6 Å². The van der Waals surface area contributed by atoms with Crippen LogP contribution in [-0.2, 0) is 0 Å². The molecule has 0 bridgehead atoms. The molecule has 3 aliphatic heterocycles. The van der Waals surface area contributed by atoms with E-state index in [0.29, 0.717) is 6.04 Å². The van der Waals surface area contributed by atoms with E-state index in [4.69, 9.17) is 0 Å². The Morgan fingerprint density at radius 2 is 1.73 bits per heavy atom. The molecule has 3 fully saturated rings. The predicted octanol–water partition coefficient (Wildman–Crippen LogP) is 0.578. The summed E-state index contributed by atoms with van der Waals surface area (Å²) in [7, 11) is 2.23. The molecule has 0 saturated carbocycles. The molecule has 1 N–H and O–H groups in total. The predicted molar refractivity (Wildman–Crippen MR) is 86.2 cm³/mol. The number of nitrogens with zero attached hydrogens (tertiary/aromatic N) is 5. The number of piperidine rings is 1. The van der Waals surface area contributed by atoms with Crippen molar-refractivity contribution in [2.45, 2.75) is 31.4 Å². The summed E-state index contributed by atoms with van der Waals surface area (Å²) in [4.78, 5) is 16.1. The smallest absolute Gasteiger partial charge is 0.134 e. The number of fused-ring (bicyclic) bond motifs is 1. The van der Waals surface area contributed by atoms with Gasteiger partial charge in [0.2, 0.25) is 0 Å². The highest BCUT2D eigenvalue weighted by molar-refractivity contribution is 5.51. The highest BCUT2D eigenvalue weighted by Crippen LogP contribution is 2.33. The first-order chi connectivity index (χ1) is 10.7. The topological polar surface area (TPSA) is 55.7 Å². The Labute approximate surface area is 131 Å². The second-order valence-corrected chi connectivity index (χ2v) is 6.95. The minimum Gasteiger partial charge on any atom is -0.393 e. The zero-order valence-corrected chi connectivity index (χ0v) is 13.2. The van der Waals surface area contributed by atoms with Gasteiger partial charge in [0, 0.05) is 38.3 Å². The van der Waals surface area contributed by atoms with Crippen molar-refractivity contribution in [2.75, 3.05) is 49.6 Å². The molecule has 3 aliphatic rings. The van der Waals surface area contributed by atoms with Crippen molar-refractivity contribution in [1.82, 2.24) is 14.9 Å². The van der Waals surface area contributed by atoms with Crippen molar-refractivity contribution in [2.24, 2.45) is 5.92 Å². The van der Waals surface area contributed by atoms with Gasteiger partial charge >= 0.3 is 0 Å². The molecule has 22 heavy (non-hydrogen) atoms. The molecule has 2 atom stereocenters. The van der Waals surface area contributed by atoms with E-state index in [1.54, 1.807) is 6.33 Å². The van der Waals surface area contributed by atoms with Gasteiger partial charge in [0.1, 0.15) is 18.0 Å². The van der Waals surface area contributed by atoms with Gasteiger partial charge in [-0.2, -0.15) is 0 Å². The Balaban J connectivity index is 1.48. The van der Waals surface area contributed by atoms with Crippen molar-refractivity contribution in [3.05, 3.63) is 12.4 Å². The van der Waals surface area contributed by atoms with Crippen LogP contribution in [0.25, 0.3) is 0 Å². The fraction of sp³-hybridized carbons (Fsp3) is 0.750. The SMILES string of the molecule is CN1CC[C@H]2CN(c3cc(N4CCC(O)CC4)ncn3)C[C@H]21. The number of aromatic nitrogens is 2. The molecular formula is C16H25N5O. The Bertz CT molecular complexity index is 531. The number of rotatable bonds is 2. The number of aliphatic hydroxyl groups excluding tert-OH is 1. The average molecular weight is 303 g/mol. The maximum absolute atomic E-state index is 9.65. The van der Waals surface area contributed by atoms with Crippen LogP contribution in [0.15, 0.2) is 12.4 Å². The third-order valence-electron chi connectivity index (χ3n) is 5.58. The molecule has 1 aromatic heterocycles. The lowest BCUT2D eigenvalue weighted by Crippen LogP contribution is -2.36. The molecule has 0 aliphatic carbocycles. The highest BCUT2D eigenvalue weighted by Gasteiger charge is 2.40. The quantitative estimate of drug-likeness (QED) is 0.862. The number of likely N-dealkylation sites (N-methyl/N-ethyl adjacent to an activating group) is 1. The van der Waals surface area contributed by atoms with E-state index in [1.165, 1.54) is 13.0 Å². The third-order valence-corrected chi connectivity index (χ3v) is 5.58. The van der Waals surface area contributed by atoms with Crippen molar-refractivity contribution in [1.29, 1.82) is 0 Å². The van der Waals surface area contributed by atoms with Gasteiger partial charge in [-0.25, -0.2) is 9.97 Å². The Morgan fingerprint density at radius 3 is 2.45 bits per heavy atom. The zero-order valence-electron chi connectivity index (χ0n) is 13.2. The summed E-state index contributed by atoms with van der Waals surface area (Å²) in [5, 5.41) is 9.65. The molecule has 0 spiro atoms. The van der Waals surface area contributed by atoms with E-state index < -0.39 is 0 Å². The number of anilines is 2. The van der Waals surface area contributed by atoms with Gasteiger partial charge in [-0.15, -0.1) is 0 Å². The molecule has 0 unspecified atom stereocenters. The summed E-state index contributed by atoms with van der Waals surface area (Å²) in [6, 6.07) is 2.81. The van der Waals surface area contributed by atoms with Crippen LogP contribution in [-0.4, -0.2) is 71.9 Å². The van der Waals surface area contributed by atoms with Gasteiger partial charge in [-0.3, -0.25) is 0 Å². The van der Waals surface area contributed by atoms with Crippen LogP contribution >= 0.6 is 0 Å². The second-order valence-electron chi connectivity index (χ2n) is 6.95. The first-order valence-corrected chi connectivity index (χ1v) is 8.41. The molecular weight excluding hydrogens is 278 g/mol. The Hall–Kier alpha value is -1.40. The lowest BCUT2D eigenvalue weighted by atomic mass is 10.1. The van der Waals surface area contributed by atoms with Crippen molar-refractivity contribution < 1.29 is 5.11 Å². The molecule has 120 valence electrons. The normalized spacial score (nSPS) is 30.1. The van der Waals surface area contributed by atoms with Gasteiger partial charge in [0.25, 0.3) is 0 Å². The number of likely N-dealkylation sites (tertiary alicyclic amines) is 1. The van der Waals surface area contributed by atoms with Crippen molar-refractivity contribution >= 4 is 11.6 Å². The third kappa shape index (κ3) is 2.54. The van der Waals surface area contributed by atoms with Gasteiger partial charge in [-0.1, -0.05) is 0 Å². The highest BCUT2D eigenvalue weighted by atomic mass is 16.3. The summed E-state index contributed by atoms with van der Waals surface area (Å²) in [5.41, 5.74) is 0. The molecule has 3 saturated heterocycles. The average Bonchev–Trinajstić information content (AvgIpc) is 3.11. The van der Waals surface area contributed by atoms with Crippen LogP contribution in [0.2, 0.25) is 0 Å². The van der Waals surface area contributed by atoms with Gasteiger partial charge < -0.3 is 19.8 Å². The van der Waals surface area contributed by atoms with Crippen LogP contribution in [0.3, 0.4) is 0 Å². The number of hydrogen-bond acceptors (Lipinski definition) is 6. The molecule has 1 aromatic rings. The molecule has 4 rings (SSSR count). The summed E-state index contributed by atoms with van der Waals surface area (Å²) >= 11 is 0. The van der Waals surface area contributed by atoms with Crippen molar-refractivity contribution in [3.63, 3.8) is 0 Å². The van der Waals surface area contributed by atoms with Crippen molar-refractivity contribution in [3.8, 4) is 0 Å². The standard InChI is InChI=1S/C16H25N5O/c1-19-5-2-12-9-21(10-14(12)19)16-8-15(17-11-18-16)20-6-3-13(22)4-7-20/h8,11-14,22H,2-7,9-10H2,1H3/t12-,14+/m0/s1. The maximum Gasteiger partial charge on any atom is 0.134 e. The van der Waals surface area contributed by atoms with E-state index >= 15 is 0 Å². The maximum atomic E-state index is 9.65. The lowest BCUT2D eigenvalue weighted by molar-refractivity contribution is 0.145. The molecule has 0 amide bonds. The van der Waals surface area contributed by atoms with E-state index in [2.05, 4.69) is 37.8 Å². The van der Waals surface area contributed by atoms with Crippen LogP contribution < -0.4 is 9.80 Å². The Morgan fingerprint density at radius 1 is 1.00 bits per heavy atom. The van der Waals surface area contributed by atoms with Gasteiger partial charge in [0.05, 0.1) is 6.10 Å². The molecule has 4 heterocycles.